The number of fused-ring (bicyclic) bond motifs is 2. The van der Waals surface area contributed by atoms with Crippen LogP contribution in [0.1, 0.15) is 12.0 Å². The molecule has 4 nitrogen and oxygen atoms in total. The number of benzene rings is 4. The fraction of sp³-hybridized carbons (Fsp3) is 0.167. The van der Waals surface area contributed by atoms with Gasteiger partial charge >= 0.3 is 0 Å². The molecule has 0 saturated carbocycles. The first-order valence-electron chi connectivity index (χ1n) is 12.1. The summed E-state index contributed by atoms with van der Waals surface area (Å²) in [6.45, 7) is 2.32. The average molecular weight is 480 g/mol. The van der Waals surface area contributed by atoms with Crippen molar-refractivity contribution >= 4 is 32.5 Å². The summed E-state index contributed by atoms with van der Waals surface area (Å²) in [7, 11) is -1.31. The molecular formula is C30H29N3OS. The summed E-state index contributed by atoms with van der Waals surface area (Å²) in [6.07, 6.45) is 5.69. The molecule has 0 aliphatic carbocycles. The summed E-state index contributed by atoms with van der Waals surface area (Å²) in [5.74, 6) is 0. The molecule has 4 aromatic carbocycles. The Bertz CT molecular complexity index is 1450. The first-order valence-corrected chi connectivity index (χ1v) is 13.2. The molecule has 0 saturated heterocycles. The maximum Gasteiger partial charge on any atom is 0.125 e. The molecule has 35 heavy (non-hydrogen) atoms. The fourth-order valence-electron chi connectivity index (χ4n) is 4.47. The molecule has 0 spiro atoms. The number of hydrogen-bond donors (Lipinski definition) is 2. The molecule has 5 aromatic rings. The monoisotopic (exact) mass is 479 g/mol. The van der Waals surface area contributed by atoms with Gasteiger partial charge in [0.2, 0.25) is 0 Å². The molecule has 1 heterocycles. The van der Waals surface area contributed by atoms with Crippen molar-refractivity contribution in [1.29, 1.82) is 0 Å². The minimum absolute atomic E-state index is 0.628. The maximum absolute atomic E-state index is 13.2. The summed E-state index contributed by atoms with van der Waals surface area (Å²) in [5, 5.41) is 8.07. The van der Waals surface area contributed by atoms with Crippen LogP contribution >= 0.6 is 0 Å². The van der Waals surface area contributed by atoms with Crippen molar-refractivity contribution in [1.82, 2.24) is 15.0 Å². The van der Waals surface area contributed by atoms with E-state index in [1.165, 1.54) is 16.3 Å². The van der Waals surface area contributed by atoms with Gasteiger partial charge in [-0.3, -0.25) is 4.98 Å². The number of nitrogens with zero attached hydrogens (tertiary/aromatic N) is 1. The summed E-state index contributed by atoms with van der Waals surface area (Å²) in [5.41, 5.74) is 3.54. The molecule has 1 atom stereocenters. The van der Waals surface area contributed by atoms with Crippen LogP contribution in [-0.4, -0.2) is 28.8 Å². The van der Waals surface area contributed by atoms with Crippen LogP contribution in [-0.2, 0) is 17.4 Å². The molecule has 1 aromatic heterocycles. The van der Waals surface area contributed by atoms with Gasteiger partial charge in [-0.25, -0.2) is 8.93 Å². The Kier molecular flexibility index (Phi) is 7.59. The molecule has 2 N–H and O–H groups in total. The summed E-state index contributed by atoms with van der Waals surface area (Å²) < 4.78 is 16.4. The molecule has 0 aliphatic heterocycles. The van der Waals surface area contributed by atoms with Gasteiger partial charge in [0.25, 0.3) is 0 Å². The first-order chi connectivity index (χ1) is 17.3. The normalized spacial score (nSPS) is 12.2. The number of aryl methyl sites for hydroxylation is 1. The number of pyridine rings is 1. The smallest absolute Gasteiger partial charge is 0.125 e. The Labute approximate surface area is 209 Å². The van der Waals surface area contributed by atoms with Crippen LogP contribution in [0.2, 0.25) is 0 Å². The molecule has 0 bridgehead atoms. The lowest BCUT2D eigenvalue weighted by molar-refractivity contribution is 0.633. The van der Waals surface area contributed by atoms with Crippen LogP contribution in [0.4, 0.5) is 0 Å². The van der Waals surface area contributed by atoms with Crippen molar-refractivity contribution < 1.29 is 4.21 Å². The third kappa shape index (κ3) is 5.65. The topological polar surface area (TPSA) is 54.0 Å². The highest BCUT2D eigenvalue weighted by Gasteiger charge is 2.11. The lowest BCUT2D eigenvalue weighted by Crippen LogP contribution is -2.29. The minimum Gasteiger partial charge on any atom is -0.315 e. The maximum atomic E-state index is 13.2. The number of aromatic nitrogens is 1. The predicted molar refractivity (Wildman–Crippen MR) is 147 cm³/mol. The second-order valence-electron chi connectivity index (χ2n) is 8.59. The number of nitrogens with one attached hydrogen (secondary N) is 2. The molecule has 5 heteroatoms. The van der Waals surface area contributed by atoms with Gasteiger partial charge in [-0.15, -0.1) is 0 Å². The van der Waals surface area contributed by atoms with E-state index >= 15 is 0 Å². The van der Waals surface area contributed by atoms with Crippen molar-refractivity contribution in [2.24, 2.45) is 0 Å². The molecule has 0 radical (unpaired) electrons. The Balaban J connectivity index is 1.15. The molecule has 0 amide bonds. The van der Waals surface area contributed by atoms with E-state index < -0.39 is 11.0 Å². The van der Waals surface area contributed by atoms with Gasteiger partial charge < -0.3 is 5.32 Å². The van der Waals surface area contributed by atoms with Gasteiger partial charge in [0, 0.05) is 36.3 Å². The minimum atomic E-state index is -1.31. The molecular weight excluding hydrogens is 450 g/mol. The number of hydrogen-bond acceptors (Lipinski definition) is 3. The van der Waals surface area contributed by atoms with Crippen molar-refractivity contribution in [3.05, 3.63) is 109 Å². The van der Waals surface area contributed by atoms with Gasteiger partial charge in [0.15, 0.2) is 0 Å². The van der Waals surface area contributed by atoms with Crippen molar-refractivity contribution in [3.8, 4) is 11.1 Å². The third-order valence-electron chi connectivity index (χ3n) is 6.24. The van der Waals surface area contributed by atoms with E-state index in [2.05, 4.69) is 75.7 Å². The standard InChI is InChI=1S/C30H29N3OS/c34-35(30-21-26(23-8-2-1-3-9-23)20-27-22-32-17-15-29(27)30)33-19-18-31-16-7-13-25-12-6-11-24-10-4-5-14-28(24)25/h1-6,8-12,14-15,17,20-22,31,33H,7,13,16,18-19H2. The van der Waals surface area contributed by atoms with Crippen molar-refractivity contribution in [2.45, 2.75) is 17.7 Å². The van der Waals surface area contributed by atoms with Gasteiger partial charge in [0.05, 0.1) is 4.90 Å². The van der Waals surface area contributed by atoms with E-state index in [-0.39, 0.29) is 0 Å². The van der Waals surface area contributed by atoms with E-state index in [1.54, 1.807) is 6.20 Å². The third-order valence-corrected chi connectivity index (χ3v) is 7.44. The Hall–Kier alpha value is -3.38. The zero-order chi connectivity index (χ0) is 23.9. The zero-order valence-corrected chi connectivity index (χ0v) is 20.4. The van der Waals surface area contributed by atoms with E-state index in [1.807, 2.05) is 36.5 Å². The molecule has 1 unspecified atom stereocenters. The predicted octanol–water partition coefficient (Wildman–Crippen LogP) is 5.89. The highest BCUT2D eigenvalue weighted by Crippen LogP contribution is 2.29. The summed E-state index contributed by atoms with van der Waals surface area (Å²) in [6, 6.07) is 31.3. The first kappa shape index (κ1) is 23.4. The molecule has 0 aliphatic rings. The van der Waals surface area contributed by atoms with Crippen LogP contribution in [0, 0.1) is 0 Å². The zero-order valence-electron chi connectivity index (χ0n) is 19.6. The van der Waals surface area contributed by atoms with Crippen LogP contribution in [0.15, 0.2) is 108 Å². The second kappa shape index (κ2) is 11.4. The quantitative estimate of drug-likeness (QED) is 0.246. The van der Waals surface area contributed by atoms with E-state index in [0.717, 1.165) is 52.7 Å². The molecule has 5 rings (SSSR count). The van der Waals surface area contributed by atoms with Gasteiger partial charge in [-0.2, -0.15) is 0 Å². The van der Waals surface area contributed by atoms with Crippen molar-refractivity contribution in [3.63, 3.8) is 0 Å². The highest BCUT2D eigenvalue weighted by atomic mass is 32.2. The molecule has 0 fully saturated rings. The summed E-state index contributed by atoms with van der Waals surface area (Å²) in [4.78, 5) is 5.05. The van der Waals surface area contributed by atoms with Crippen molar-refractivity contribution in [2.75, 3.05) is 19.6 Å². The van der Waals surface area contributed by atoms with Crippen LogP contribution in [0.5, 0.6) is 0 Å². The van der Waals surface area contributed by atoms with E-state index in [4.69, 9.17) is 0 Å². The average Bonchev–Trinajstić information content (AvgIpc) is 2.92. The SMILES string of the molecule is O=S(NCCNCCCc1cccc2ccccc12)c1cc(-c2ccccc2)cc2cnccc12. The van der Waals surface area contributed by atoms with Crippen LogP contribution < -0.4 is 10.0 Å². The van der Waals surface area contributed by atoms with E-state index in [0.29, 0.717) is 6.54 Å². The Morgan fingerprint density at radius 3 is 2.46 bits per heavy atom. The van der Waals surface area contributed by atoms with E-state index in [9.17, 15) is 4.21 Å². The summed E-state index contributed by atoms with van der Waals surface area (Å²) >= 11 is 0. The highest BCUT2D eigenvalue weighted by molar-refractivity contribution is 7.83. The van der Waals surface area contributed by atoms with Gasteiger partial charge in [-0.1, -0.05) is 72.8 Å². The fourth-order valence-corrected chi connectivity index (χ4v) is 5.54. The van der Waals surface area contributed by atoms with Gasteiger partial charge in [-0.05, 0) is 65.0 Å². The van der Waals surface area contributed by atoms with Crippen LogP contribution in [0.25, 0.3) is 32.7 Å². The lowest BCUT2D eigenvalue weighted by atomic mass is 10.0. The Morgan fingerprint density at radius 1 is 0.714 bits per heavy atom. The number of rotatable bonds is 10. The largest absolute Gasteiger partial charge is 0.315 e. The lowest BCUT2D eigenvalue weighted by Gasteiger charge is -2.12. The van der Waals surface area contributed by atoms with Crippen LogP contribution in [0.3, 0.4) is 0 Å². The van der Waals surface area contributed by atoms with Gasteiger partial charge in [0.1, 0.15) is 11.0 Å². The second-order valence-corrected chi connectivity index (χ2v) is 9.86. The Morgan fingerprint density at radius 2 is 1.54 bits per heavy atom. The molecule has 176 valence electrons.